The fourth-order valence-corrected chi connectivity index (χ4v) is 2.11. The zero-order chi connectivity index (χ0) is 15.2. The van der Waals surface area contributed by atoms with Crippen LogP contribution in [-0.2, 0) is 22.5 Å². The highest BCUT2D eigenvalue weighted by molar-refractivity contribution is 5.68. The van der Waals surface area contributed by atoms with E-state index in [1.807, 2.05) is 0 Å². The maximum atomic E-state index is 11.6. The predicted octanol–water partition coefficient (Wildman–Crippen LogP) is 2.19. The second kappa shape index (κ2) is 6.97. The molecule has 0 radical (unpaired) electrons. The first-order valence-electron chi connectivity index (χ1n) is 7.01. The number of rotatable bonds is 6. The fourth-order valence-electron chi connectivity index (χ4n) is 2.11. The molecule has 1 fully saturated rings. The van der Waals surface area contributed by atoms with Crippen LogP contribution in [-0.4, -0.2) is 28.4 Å². The van der Waals surface area contributed by atoms with Gasteiger partial charge in [0.1, 0.15) is 11.9 Å². The molecular formula is C15H19NO5. The maximum absolute atomic E-state index is 11.6. The number of amides is 1. The molecule has 1 aromatic carbocycles. The molecular weight excluding hydrogens is 274 g/mol. The summed E-state index contributed by atoms with van der Waals surface area (Å²) in [6, 6.07) is 4.71. The number of carbonyl (C=O) groups is 2. The molecule has 0 aromatic heterocycles. The van der Waals surface area contributed by atoms with Crippen LogP contribution in [0.4, 0.5) is 4.79 Å². The lowest BCUT2D eigenvalue weighted by Crippen LogP contribution is -2.32. The van der Waals surface area contributed by atoms with Crippen molar-refractivity contribution in [2.75, 3.05) is 0 Å². The van der Waals surface area contributed by atoms with Crippen molar-refractivity contribution in [1.29, 1.82) is 0 Å². The fraction of sp³-hybridized carbons (Fsp3) is 0.467. The van der Waals surface area contributed by atoms with Gasteiger partial charge < -0.3 is 20.3 Å². The van der Waals surface area contributed by atoms with Crippen LogP contribution in [0, 0.1) is 0 Å². The van der Waals surface area contributed by atoms with Crippen molar-refractivity contribution in [1.82, 2.24) is 5.32 Å². The molecule has 1 aromatic rings. The summed E-state index contributed by atoms with van der Waals surface area (Å²) in [5.41, 5.74) is 1.49. The number of carbonyl (C=O) groups excluding carboxylic acids is 1. The van der Waals surface area contributed by atoms with E-state index in [4.69, 9.17) is 9.84 Å². The van der Waals surface area contributed by atoms with Crippen LogP contribution in [0.1, 0.15) is 36.8 Å². The van der Waals surface area contributed by atoms with Gasteiger partial charge in [0.15, 0.2) is 0 Å². The first kappa shape index (κ1) is 15.2. The third kappa shape index (κ3) is 4.66. The van der Waals surface area contributed by atoms with Crippen LogP contribution in [0.15, 0.2) is 18.2 Å². The number of aliphatic carboxylic acids is 1. The number of alkyl carbamates (subject to hydrolysis) is 1. The highest BCUT2D eigenvalue weighted by Crippen LogP contribution is 2.22. The number of carboxylic acids is 1. The molecule has 3 N–H and O–H groups in total. The summed E-state index contributed by atoms with van der Waals surface area (Å²) in [5, 5.41) is 20.9. The summed E-state index contributed by atoms with van der Waals surface area (Å²) in [7, 11) is 0. The van der Waals surface area contributed by atoms with Gasteiger partial charge in [0.2, 0.25) is 0 Å². The van der Waals surface area contributed by atoms with Crippen molar-refractivity contribution in [3.05, 3.63) is 29.3 Å². The monoisotopic (exact) mass is 293 g/mol. The van der Waals surface area contributed by atoms with Gasteiger partial charge in [-0.3, -0.25) is 4.79 Å². The normalized spacial score (nSPS) is 14.3. The molecule has 0 spiro atoms. The Hall–Kier alpha value is -2.24. The van der Waals surface area contributed by atoms with Crippen molar-refractivity contribution < 1.29 is 24.5 Å². The molecule has 0 heterocycles. The predicted molar refractivity (Wildman–Crippen MR) is 75.0 cm³/mol. The van der Waals surface area contributed by atoms with Gasteiger partial charge in [0.25, 0.3) is 0 Å². The van der Waals surface area contributed by atoms with Crippen LogP contribution >= 0.6 is 0 Å². The van der Waals surface area contributed by atoms with Crippen LogP contribution in [0.3, 0.4) is 0 Å². The number of phenolic OH excluding ortho intramolecular Hbond substituents is 1. The quantitative estimate of drug-likeness (QED) is 0.747. The van der Waals surface area contributed by atoms with E-state index in [2.05, 4.69) is 5.32 Å². The lowest BCUT2D eigenvalue weighted by atomic mass is 9.96. The van der Waals surface area contributed by atoms with Crippen LogP contribution in [0.5, 0.6) is 5.75 Å². The Morgan fingerprint density at radius 2 is 2.05 bits per heavy atom. The van der Waals surface area contributed by atoms with Crippen molar-refractivity contribution in [2.24, 2.45) is 0 Å². The van der Waals surface area contributed by atoms with Gasteiger partial charge in [-0.05, 0) is 48.9 Å². The number of nitrogens with one attached hydrogen (secondary N) is 1. The minimum atomic E-state index is -0.883. The molecule has 1 aliphatic carbocycles. The Morgan fingerprint density at radius 3 is 2.67 bits per heavy atom. The summed E-state index contributed by atoms with van der Waals surface area (Å²) in [6.45, 7) is 0.203. The molecule has 114 valence electrons. The van der Waals surface area contributed by atoms with Gasteiger partial charge in [-0.25, -0.2) is 4.79 Å². The number of hydrogen-bond donors (Lipinski definition) is 3. The zero-order valence-electron chi connectivity index (χ0n) is 11.7. The lowest BCUT2D eigenvalue weighted by Gasteiger charge is -2.25. The van der Waals surface area contributed by atoms with E-state index >= 15 is 0 Å². The van der Waals surface area contributed by atoms with E-state index in [1.165, 1.54) is 12.1 Å². The van der Waals surface area contributed by atoms with Gasteiger partial charge in [-0.2, -0.15) is 0 Å². The van der Waals surface area contributed by atoms with Crippen LogP contribution < -0.4 is 5.32 Å². The van der Waals surface area contributed by atoms with Gasteiger partial charge in [0, 0.05) is 13.0 Å². The van der Waals surface area contributed by atoms with Crippen LogP contribution in [0.25, 0.3) is 0 Å². The maximum Gasteiger partial charge on any atom is 0.407 e. The summed E-state index contributed by atoms with van der Waals surface area (Å²) >= 11 is 0. The molecule has 0 unspecified atom stereocenters. The largest absolute Gasteiger partial charge is 0.508 e. The molecule has 0 saturated heterocycles. The molecule has 21 heavy (non-hydrogen) atoms. The summed E-state index contributed by atoms with van der Waals surface area (Å²) < 4.78 is 5.17. The molecule has 6 heteroatoms. The van der Waals surface area contributed by atoms with Crippen molar-refractivity contribution >= 4 is 12.1 Å². The highest BCUT2D eigenvalue weighted by atomic mass is 16.6. The third-order valence-electron chi connectivity index (χ3n) is 3.55. The van der Waals surface area contributed by atoms with E-state index in [0.29, 0.717) is 12.0 Å². The number of aryl methyl sites for hydroxylation is 1. The van der Waals surface area contributed by atoms with E-state index in [1.54, 1.807) is 6.07 Å². The Balaban J connectivity index is 1.91. The molecule has 0 aliphatic heterocycles. The van der Waals surface area contributed by atoms with Crippen molar-refractivity contribution in [3.8, 4) is 5.75 Å². The second-order valence-electron chi connectivity index (χ2n) is 5.16. The smallest absolute Gasteiger partial charge is 0.407 e. The number of carboxylic acid groups (broad SMARTS) is 1. The minimum absolute atomic E-state index is 0.00426. The Labute approximate surface area is 122 Å². The SMILES string of the molecule is O=C(O)CCc1ccc(O)cc1CNC(=O)OC1CCC1. The standard InChI is InChI=1S/C15H19NO5/c17-12-6-4-10(5-7-14(18)19)11(8-12)9-16-15(20)21-13-2-1-3-13/h4,6,8,13,17H,1-3,5,7,9H2,(H,16,20)(H,18,19). The van der Waals surface area contributed by atoms with Gasteiger partial charge in [-0.1, -0.05) is 6.07 Å². The van der Waals surface area contributed by atoms with E-state index in [9.17, 15) is 14.7 Å². The van der Waals surface area contributed by atoms with Crippen LogP contribution in [0.2, 0.25) is 0 Å². The number of ether oxygens (including phenoxy) is 1. The topological polar surface area (TPSA) is 95.9 Å². The van der Waals surface area contributed by atoms with Crippen molar-refractivity contribution in [2.45, 2.75) is 44.8 Å². The summed E-state index contributed by atoms with van der Waals surface area (Å²) in [4.78, 5) is 22.2. The first-order chi connectivity index (χ1) is 10.0. The molecule has 6 nitrogen and oxygen atoms in total. The Bertz CT molecular complexity index is 525. The molecule has 1 amide bonds. The van der Waals surface area contributed by atoms with E-state index in [0.717, 1.165) is 24.8 Å². The lowest BCUT2D eigenvalue weighted by molar-refractivity contribution is -0.136. The first-order valence-corrected chi connectivity index (χ1v) is 7.01. The molecule has 0 bridgehead atoms. The van der Waals surface area contributed by atoms with Gasteiger partial charge >= 0.3 is 12.1 Å². The molecule has 2 rings (SSSR count). The van der Waals surface area contributed by atoms with Crippen molar-refractivity contribution in [3.63, 3.8) is 0 Å². The Morgan fingerprint density at radius 1 is 1.29 bits per heavy atom. The molecule has 1 saturated carbocycles. The summed E-state index contributed by atoms with van der Waals surface area (Å²) in [6.07, 6.45) is 2.79. The second-order valence-corrected chi connectivity index (χ2v) is 5.16. The number of aromatic hydroxyl groups is 1. The minimum Gasteiger partial charge on any atom is -0.508 e. The third-order valence-corrected chi connectivity index (χ3v) is 3.55. The van der Waals surface area contributed by atoms with Gasteiger partial charge in [0.05, 0.1) is 0 Å². The van der Waals surface area contributed by atoms with E-state index in [-0.39, 0.29) is 24.8 Å². The number of benzene rings is 1. The number of phenols is 1. The number of hydrogen-bond acceptors (Lipinski definition) is 4. The zero-order valence-corrected chi connectivity index (χ0v) is 11.7. The Kier molecular flexibility index (Phi) is 5.03. The molecule has 0 atom stereocenters. The van der Waals surface area contributed by atoms with E-state index < -0.39 is 12.1 Å². The summed E-state index contributed by atoms with van der Waals surface area (Å²) in [5.74, 6) is -0.801. The average molecular weight is 293 g/mol. The molecule has 1 aliphatic rings. The average Bonchev–Trinajstić information content (AvgIpc) is 2.39. The van der Waals surface area contributed by atoms with Gasteiger partial charge in [-0.15, -0.1) is 0 Å². The highest BCUT2D eigenvalue weighted by Gasteiger charge is 2.21.